The summed E-state index contributed by atoms with van der Waals surface area (Å²) in [5, 5.41) is 1.13. The second-order valence-electron chi connectivity index (χ2n) is 6.46. The molecule has 1 fully saturated rings. The van der Waals surface area contributed by atoms with Gasteiger partial charge in [0, 0.05) is 31.6 Å². The van der Waals surface area contributed by atoms with Crippen molar-refractivity contribution in [2.45, 2.75) is 0 Å². The molecule has 0 N–H and O–H groups in total. The molecule has 0 spiro atoms. The van der Waals surface area contributed by atoms with Gasteiger partial charge >= 0.3 is 0 Å². The van der Waals surface area contributed by atoms with Crippen LogP contribution in [0.2, 0.25) is 0 Å². The Labute approximate surface area is 148 Å². The molecule has 2 aromatic carbocycles. The zero-order chi connectivity index (χ0) is 17.1. The van der Waals surface area contributed by atoms with Gasteiger partial charge < -0.3 is 9.80 Å². The number of piperazine rings is 1. The molecule has 0 saturated carbocycles. The van der Waals surface area contributed by atoms with Gasteiger partial charge in [-0.3, -0.25) is 0 Å². The maximum absolute atomic E-state index is 4.87. The van der Waals surface area contributed by atoms with E-state index in [0.29, 0.717) is 0 Å². The molecular formula is C21H22N4. The first-order chi connectivity index (χ1) is 12.3. The van der Waals surface area contributed by atoms with Gasteiger partial charge in [-0.1, -0.05) is 48.5 Å². The summed E-state index contributed by atoms with van der Waals surface area (Å²) < 4.78 is 0. The highest BCUT2D eigenvalue weighted by Crippen LogP contribution is 2.25. The number of fused-ring (bicyclic) bond motifs is 1. The van der Waals surface area contributed by atoms with Crippen LogP contribution in [0.1, 0.15) is 11.4 Å². The van der Waals surface area contributed by atoms with E-state index in [1.165, 1.54) is 0 Å². The van der Waals surface area contributed by atoms with Crippen LogP contribution in [0.15, 0.2) is 54.6 Å². The van der Waals surface area contributed by atoms with Gasteiger partial charge in [-0.25, -0.2) is 9.97 Å². The molecule has 0 unspecified atom stereocenters. The third kappa shape index (κ3) is 3.54. The van der Waals surface area contributed by atoms with Gasteiger partial charge in [0.25, 0.3) is 0 Å². The van der Waals surface area contributed by atoms with Crippen molar-refractivity contribution in [1.29, 1.82) is 0 Å². The molecule has 1 saturated heterocycles. The van der Waals surface area contributed by atoms with Crippen molar-refractivity contribution >= 4 is 28.9 Å². The molecule has 0 amide bonds. The summed E-state index contributed by atoms with van der Waals surface area (Å²) in [6.07, 6.45) is 4.07. The molecule has 0 atom stereocenters. The summed E-state index contributed by atoms with van der Waals surface area (Å²) in [7, 11) is 2.17. The molecule has 0 radical (unpaired) electrons. The lowest BCUT2D eigenvalue weighted by Gasteiger charge is -2.33. The Morgan fingerprint density at radius 3 is 2.32 bits per heavy atom. The molecule has 1 aliphatic heterocycles. The van der Waals surface area contributed by atoms with Crippen LogP contribution < -0.4 is 4.90 Å². The monoisotopic (exact) mass is 330 g/mol. The highest BCUT2D eigenvalue weighted by Gasteiger charge is 2.18. The highest BCUT2D eigenvalue weighted by atomic mass is 15.3. The molecule has 1 aliphatic rings. The normalized spacial score (nSPS) is 16.0. The first-order valence-corrected chi connectivity index (χ1v) is 8.73. The number of rotatable bonds is 3. The average Bonchev–Trinajstić information content (AvgIpc) is 2.67. The van der Waals surface area contributed by atoms with Gasteiger partial charge in [-0.05, 0) is 30.8 Å². The molecule has 126 valence electrons. The summed E-state index contributed by atoms with van der Waals surface area (Å²) in [5.74, 6) is 1.81. The first kappa shape index (κ1) is 15.8. The molecule has 4 rings (SSSR count). The molecule has 4 nitrogen and oxygen atoms in total. The largest absolute Gasteiger partial charge is 0.353 e. The Balaban J connectivity index is 1.72. The molecule has 2 heterocycles. The summed E-state index contributed by atoms with van der Waals surface area (Å²) >= 11 is 0. The fourth-order valence-corrected chi connectivity index (χ4v) is 3.15. The second-order valence-corrected chi connectivity index (χ2v) is 6.46. The van der Waals surface area contributed by atoms with Gasteiger partial charge in [0.2, 0.25) is 0 Å². The van der Waals surface area contributed by atoms with Gasteiger partial charge in [0.05, 0.1) is 5.52 Å². The molecule has 0 aliphatic carbocycles. The number of nitrogens with zero attached hydrogens (tertiary/aromatic N) is 4. The average molecular weight is 330 g/mol. The van der Waals surface area contributed by atoms with Crippen molar-refractivity contribution in [3.05, 3.63) is 66.0 Å². The standard InChI is InChI=1S/C21H22N4/c1-24-13-15-25(16-14-24)21-18-9-5-6-10-19(18)22-20(23-21)12-11-17-7-3-2-4-8-17/h2-12H,13-16H2,1H3. The minimum Gasteiger partial charge on any atom is -0.353 e. The van der Waals surface area contributed by atoms with Crippen LogP contribution in [0.5, 0.6) is 0 Å². The van der Waals surface area contributed by atoms with E-state index in [4.69, 9.17) is 9.97 Å². The first-order valence-electron chi connectivity index (χ1n) is 8.73. The van der Waals surface area contributed by atoms with Crippen LogP contribution in [0.3, 0.4) is 0 Å². The summed E-state index contributed by atoms with van der Waals surface area (Å²) in [4.78, 5) is 14.3. The zero-order valence-electron chi connectivity index (χ0n) is 14.5. The lowest BCUT2D eigenvalue weighted by atomic mass is 10.2. The maximum Gasteiger partial charge on any atom is 0.154 e. The van der Waals surface area contributed by atoms with Crippen LogP contribution in [0.4, 0.5) is 5.82 Å². The lowest BCUT2D eigenvalue weighted by Crippen LogP contribution is -2.45. The minimum absolute atomic E-state index is 0.761. The van der Waals surface area contributed by atoms with Crippen molar-refractivity contribution in [2.75, 3.05) is 38.1 Å². The topological polar surface area (TPSA) is 32.3 Å². The van der Waals surface area contributed by atoms with E-state index < -0.39 is 0 Å². The lowest BCUT2D eigenvalue weighted by molar-refractivity contribution is 0.312. The number of benzene rings is 2. The Kier molecular flexibility index (Phi) is 4.44. The third-order valence-corrected chi connectivity index (χ3v) is 4.63. The van der Waals surface area contributed by atoms with E-state index in [2.05, 4.69) is 53.3 Å². The Hall–Kier alpha value is -2.72. The van der Waals surface area contributed by atoms with Gasteiger partial charge in [0.1, 0.15) is 5.82 Å². The highest BCUT2D eigenvalue weighted by molar-refractivity contribution is 5.90. The predicted octanol–water partition coefficient (Wildman–Crippen LogP) is 3.55. The fraction of sp³-hybridized carbons (Fsp3) is 0.238. The van der Waals surface area contributed by atoms with E-state index in [1.807, 2.05) is 30.3 Å². The number of aromatic nitrogens is 2. The van der Waals surface area contributed by atoms with Crippen LogP contribution in [0.25, 0.3) is 23.1 Å². The van der Waals surface area contributed by atoms with Crippen LogP contribution in [-0.2, 0) is 0 Å². The van der Waals surface area contributed by atoms with E-state index >= 15 is 0 Å². The maximum atomic E-state index is 4.87. The summed E-state index contributed by atoms with van der Waals surface area (Å²) in [5.41, 5.74) is 2.15. The second kappa shape index (κ2) is 7.03. The minimum atomic E-state index is 0.761. The van der Waals surface area contributed by atoms with Crippen LogP contribution in [-0.4, -0.2) is 48.1 Å². The van der Waals surface area contributed by atoms with Crippen LogP contribution in [0, 0.1) is 0 Å². The number of anilines is 1. The third-order valence-electron chi connectivity index (χ3n) is 4.63. The van der Waals surface area contributed by atoms with Crippen molar-refractivity contribution in [3.8, 4) is 0 Å². The number of para-hydroxylation sites is 1. The molecule has 1 aromatic heterocycles. The molecule has 25 heavy (non-hydrogen) atoms. The van der Waals surface area contributed by atoms with Crippen LogP contribution >= 0.6 is 0 Å². The van der Waals surface area contributed by atoms with Crippen molar-refractivity contribution in [2.24, 2.45) is 0 Å². The van der Waals surface area contributed by atoms with Gasteiger partial charge in [-0.15, -0.1) is 0 Å². The van der Waals surface area contributed by atoms with Crippen molar-refractivity contribution in [1.82, 2.24) is 14.9 Å². The summed E-state index contributed by atoms with van der Waals surface area (Å²) in [6.45, 7) is 4.12. The molecule has 4 heteroatoms. The smallest absolute Gasteiger partial charge is 0.154 e. The molecule has 3 aromatic rings. The van der Waals surface area contributed by atoms with E-state index in [9.17, 15) is 0 Å². The van der Waals surface area contributed by atoms with Crippen molar-refractivity contribution in [3.63, 3.8) is 0 Å². The zero-order valence-corrected chi connectivity index (χ0v) is 14.5. The number of hydrogen-bond donors (Lipinski definition) is 0. The Morgan fingerprint density at radius 2 is 1.52 bits per heavy atom. The van der Waals surface area contributed by atoms with Gasteiger partial charge in [0.15, 0.2) is 5.82 Å². The fourth-order valence-electron chi connectivity index (χ4n) is 3.15. The predicted molar refractivity (Wildman–Crippen MR) is 105 cm³/mol. The van der Waals surface area contributed by atoms with Crippen molar-refractivity contribution < 1.29 is 0 Å². The van der Waals surface area contributed by atoms with E-state index in [-0.39, 0.29) is 0 Å². The molecular weight excluding hydrogens is 308 g/mol. The van der Waals surface area contributed by atoms with E-state index in [1.54, 1.807) is 0 Å². The SMILES string of the molecule is CN1CCN(c2nc(C=Cc3ccccc3)nc3ccccc23)CC1. The quantitative estimate of drug-likeness (QED) is 0.735. The Bertz CT molecular complexity index is 881. The number of hydrogen-bond acceptors (Lipinski definition) is 4. The Morgan fingerprint density at radius 1 is 0.800 bits per heavy atom. The molecule has 0 bridgehead atoms. The van der Waals surface area contributed by atoms with Gasteiger partial charge in [-0.2, -0.15) is 0 Å². The summed E-state index contributed by atoms with van der Waals surface area (Å²) in [6, 6.07) is 18.5. The van der Waals surface area contributed by atoms with E-state index in [0.717, 1.165) is 54.3 Å². The number of likely N-dealkylation sites (N-methyl/N-ethyl adjacent to an activating group) is 1.